The highest BCUT2D eigenvalue weighted by Crippen LogP contribution is 2.32. The summed E-state index contributed by atoms with van der Waals surface area (Å²) >= 11 is 0. The maximum atomic E-state index is 12.5. The lowest BCUT2D eigenvalue weighted by molar-refractivity contribution is -0.121. The average molecular weight is 358 g/mol. The van der Waals surface area contributed by atoms with Crippen LogP contribution in [0.4, 0.5) is 11.5 Å². The molecule has 2 fully saturated rings. The minimum absolute atomic E-state index is 0.0185. The zero-order valence-electron chi connectivity index (χ0n) is 15.7. The van der Waals surface area contributed by atoms with Crippen molar-refractivity contribution >= 4 is 23.3 Å². The molecule has 2 heterocycles. The molecule has 2 N–H and O–H groups in total. The number of unbranched alkanes of at least 4 members (excludes halogenated alkanes) is 1. The van der Waals surface area contributed by atoms with E-state index >= 15 is 0 Å². The number of rotatable bonds is 6. The second-order valence-corrected chi connectivity index (χ2v) is 7.53. The molecule has 0 bridgehead atoms. The van der Waals surface area contributed by atoms with Crippen LogP contribution in [0.3, 0.4) is 0 Å². The van der Waals surface area contributed by atoms with Crippen molar-refractivity contribution in [3.63, 3.8) is 0 Å². The van der Waals surface area contributed by atoms with Crippen LogP contribution in [0.5, 0.6) is 0 Å². The Morgan fingerprint density at radius 3 is 2.77 bits per heavy atom. The minimum atomic E-state index is 0.0185. The molecule has 1 aliphatic carbocycles. The summed E-state index contributed by atoms with van der Waals surface area (Å²) < 4.78 is 0. The molecular formula is C20H30N4O2. The molecule has 0 radical (unpaired) electrons. The van der Waals surface area contributed by atoms with Crippen LogP contribution in [0, 0.1) is 11.8 Å². The van der Waals surface area contributed by atoms with E-state index in [1.165, 1.54) is 32.1 Å². The van der Waals surface area contributed by atoms with E-state index in [-0.39, 0.29) is 17.7 Å². The third kappa shape index (κ3) is 4.96. The Kier molecular flexibility index (Phi) is 6.47. The van der Waals surface area contributed by atoms with Gasteiger partial charge in [0.1, 0.15) is 5.82 Å². The Labute approximate surface area is 155 Å². The largest absolute Gasteiger partial charge is 0.353 e. The van der Waals surface area contributed by atoms with Crippen molar-refractivity contribution in [3.05, 3.63) is 18.3 Å². The number of aromatic nitrogens is 1. The van der Waals surface area contributed by atoms with E-state index < -0.39 is 0 Å². The zero-order chi connectivity index (χ0) is 18.4. The van der Waals surface area contributed by atoms with Gasteiger partial charge in [-0.25, -0.2) is 4.98 Å². The molecule has 6 nitrogen and oxygen atoms in total. The third-order valence-electron chi connectivity index (χ3n) is 5.56. The molecule has 1 aliphatic heterocycles. The monoisotopic (exact) mass is 358 g/mol. The highest BCUT2D eigenvalue weighted by Gasteiger charge is 2.26. The van der Waals surface area contributed by atoms with Crippen LogP contribution in [0.15, 0.2) is 18.3 Å². The zero-order valence-corrected chi connectivity index (χ0v) is 15.7. The van der Waals surface area contributed by atoms with Crippen molar-refractivity contribution in [2.45, 2.75) is 51.9 Å². The van der Waals surface area contributed by atoms with Gasteiger partial charge in [0.05, 0.1) is 18.4 Å². The molecule has 0 unspecified atom stereocenters. The molecule has 1 saturated heterocycles. The van der Waals surface area contributed by atoms with E-state index in [2.05, 4.69) is 22.5 Å². The van der Waals surface area contributed by atoms with E-state index in [0.29, 0.717) is 13.1 Å². The second-order valence-electron chi connectivity index (χ2n) is 7.53. The van der Waals surface area contributed by atoms with E-state index in [1.54, 1.807) is 6.20 Å². The van der Waals surface area contributed by atoms with Crippen molar-refractivity contribution in [1.29, 1.82) is 0 Å². The van der Waals surface area contributed by atoms with Crippen LogP contribution >= 0.6 is 0 Å². The van der Waals surface area contributed by atoms with Crippen LogP contribution in [0.25, 0.3) is 0 Å². The highest BCUT2D eigenvalue weighted by atomic mass is 16.2. The molecule has 1 saturated carbocycles. The minimum Gasteiger partial charge on any atom is -0.353 e. The Morgan fingerprint density at radius 2 is 2.12 bits per heavy atom. The van der Waals surface area contributed by atoms with Crippen molar-refractivity contribution in [2.24, 2.45) is 11.8 Å². The molecule has 142 valence electrons. The van der Waals surface area contributed by atoms with Gasteiger partial charge in [-0.05, 0) is 43.7 Å². The summed E-state index contributed by atoms with van der Waals surface area (Å²) in [6, 6.07) is 3.75. The predicted molar refractivity (Wildman–Crippen MR) is 103 cm³/mol. The van der Waals surface area contributed by atoms with Gasteiger partial charge in [0.25, 0.3) is 0 Å². The maximum absolute atomic E-state index is 12.5. The van der Waals surface area contributed by atoms with Gasteiger partial charge in [-0.15, -0.1) is 0 Å². The number of pyridine rings is 1. The molecule has 2 amide bonds. The number of nitrogens with zero attached hydrogens (tertiary/aromatic N) is 2. The topological polar surface area (TPSA) is 74.3 Å². The number of hydrogen-bond donors (Lipinski definition) is 2. The first-order valence-corrected chi connectivity index (χ1v) is 9.94. The first-order valence-electron chi connectivity index (χ1n) is 9.94. The molecule has 1 aromatic heterocycles. The van der Waals surface area contributed by atoms with Gasteiger partial charge in [-0.3, -0.25) is 9.59 Å². The molecular weight excluding hydrogens is 328 g/mol. The number of nitrogens with one attached hydrogen (secondary N) is 2. The Morgan fingerprint density at radius 1 is 1.31 bits per heavy atom. The third-order valence-corrected chi connectivity index (χ3v) is 5.56. The molecule has 0 atom stereocenters. The second kappa shape index (κ2) is 9.01. The quantitative estimate of drug-likeness (QED) is 0.820. The number of piperazine rings is 1. The van der Waals surface area contributed by atoms with Gasteiger partial charge in [0.2, 0.25) is 11.8 Å². The SMILES string of the molecule is CCCCC1CCC(C(=O)Nc2ccc(N3CCNC(=O)C3)nc2)CC1. The number of anilines is 2. The van der Waals surface area contributed by atoms with Crippen molar-refractivity contribution in [3.8, 4) is 0 Å². The molecule has 26 heavy (non-hydrogen) atoms. The fourth-order valence-corrected chi connectivity index (χ4v) is 3.93. The van der Waals surface area contributed by atoms with Crippen LogP contribution in [-0.4, -0.2) is 36.4 Å². The van der Waals surface area contributed by atoms with E-state index in [4.69, 9.17) is 0 Å². The summed E-state index contributed by atoms with van der Waals surface area (Å²) in [5.74, 6) is 1.84. The fraction of sp³-hybridized carbons (Fsp3) is 0.650. The van der Waals surface area contributed by atoms with Crippen LogP contribution in [0.2, 0.25) is 0 Å². The molecule has 6 heteroatoms. The lowest BCUT2D eigenvalue weighted by Crippen LogP contribution is -2.48. The standard InChI is InChI=1S/C20H30N4O2/c1-2-3-4-15-5-7-16(8-6-15)20(26)23-17-9-10-18(22-13-17)24-12-11-21-19(25)14-24/h9-10,13,15-16H,2-8,11-12,14H2,1H3,(H,21,25)(H,23,26). The lowest BCUT2D eigenvalue weighted by atomic mass is 9.79. The lowest BCUT2D eigenvalue weighted by Gasteiger charge is -2.28. The predicted octanol–water partition coefficient (Wildman–Crippen LogP) is 2.95. The van der Waals surface area contributed by atoms with Crippen molar-refractivity contribution in [2.75, 3.05) is 29.9 Å². The van der Waals surface area contributed by atoms with Gasteiger partial charge in [-0.2, -0.15) is 0 Å². The van der Waals surface area contributed by atoms with E-state index in [1.807, 2.05) is 17.0 Å². The van der Waals surface area contributed by atoms with Gasteiger partial charge in [0.15, 0.2) is 0 Å². The van der Waals surface area contributed by atoms with Gasteiger partial charge < -0.3 is 15.5 Å². The summed E-state index contributed by atoms with van der Waals surface area (Å²) in [5, 5.41) is 5.81. The Bertz CT molecular complexity index is 609. The Balaban J connectivity index is 1.48. The number of carbonyl (C=O) groups excluding carboxylic acids is 2. The van der Waals surface area contributed by atoms with Crippen LogP contribution in [-0.2, 0) is 9.59 Å². The number of amides is 2. The normalized spacial score (nSPS) is 23.4. The number of carbonyl (C=O) groups is 2. The summed E-state index contributed by atoms with van der Waals surface area (Å²) in [6.45, 7) is 3.96. The molecule has 3 rings (SSSR count). The summed E-state index contributed by atoms with van der Waals surface area (Å²) in [5.41, 5.74) is 0.730. The maximum Gasteiger partial charge on any atom is 0.239 e. The summed E-state index contributed by atoms with van der Waals surface area (Å²) in [7, 11) is 0. The first-order chi connectivity index (χ1) is 12.7. The Hall–Kier alpha value is -2.11. The molecule has 0 spiro atoms. The first kappa shape index (κ1) is 18.7. The van der Waals surface area contributed by atoms with E-state index in [0.717, 1.165) is 36.8 Å². The number of hydrogen-bond acceptors (Lipinski definition) is 4. The smallest absolute Gasteiger partial charge is 0.239 e. The van der Waals surface area contributed by atoms with Crippen LogP contribution in [0.1, 0.15) is 51.9 Å². The molecule has 2 aliphatic rings. The molecule has 1 aromatic rings. The van der Waals surface area contributed by atoms with Gasteiger partial charge in [-0.1, -0.05) is 26.2 Å². The van der Waals surface area contributed by atoms with Gasteiger partial charge in [0, 0.05) is 19.0 Å². The highest BCUT2D eigenvalue weighted by molar-refractivity contribution is 5.92. The van der Waals surface area contributed by atoms with Crippen molar-refractivity contribution < 1.29 is 9.59 Å². The van der Waals surface area contributed by atoms with E-state index in [9.17, 15) is 9.59 Å². The average Bonchev–Trinajstić information content (AvgIpc) is 2.67. The summed E-state index contributed by atoms with van der Waals surface area (Å²) in [6.07, 6.45) is 9.89. The fourth-order valence-electron chi connectivity index (χ4n) is 3.93. The van der Waals surface area contributed by atoms with Crippen molar-refractivity contribution in [1.82, 2.24) is 10.3 Å². The van der Waals surface area contributed by atoms with Crippen LogP contribution < -0.4 is 15.5 Å². The molecule has 0 aromatic carbocycles. The summed E-state index contributed by atoms with van der Waals surface area (Å²) in [4.78, 5) is 30.4. The van der Waals surface area contributed by atoms with Gasteiger partial charge >= 0.3 is 0 Å².